The number of benzene rings is 2. The molecule has 1 heterocycles. The summed E-state index contributed by atoms with van der Waals surface area (Å²) in [7, 11) is 0. The first-order valence-corrected chi connectivity index (χ1v) is 8.34. The fourth-order valence-electron chi connectivity index (χ4n) is 3.07. The minimum atomic E-state index is -0.295. The molecule has 0 radical (unpaired) electrons. The zero-order chi connectivity index (χ0) is 17.8. The van der Waals surface area contributed by atoms with Crippen LogP contribution in [0.5, 0.6) is 0 Å². The molecule has 1 aliphatic rings. The second-order valence-electron chi connectivity index (χ2n) is 6.24. The predicted molar refractivity (Wildman–Crippen MR) is 94.1 cm³/mol. The highest BCUT2D eigenvalue weighted by Gasteiger charge is 2.26. The summed E-state index contributed by atoms with van der Waals surface area (Å²) in [4.78, 5) is 37.9. The molecule has 0 unspecified atom stereocenters. The molecule has 0 atom stereocenters. The molecule has 0 spiro atoms. The average molecular weight is 336 g/mol. The number of hydrogen-bond donors (Lipinski definition) is 1. The maximum Gasteiger partial charge on any atom is 0.253 e. The number of piperidine rings is 1. The van der Waals surface area contributed by atoms with E-state index in [0.717, 1.165) is 0 Å². The third-order valence-corrected chi connectivity index (χ3v) is 4.61. The Morgan fingerprint density at radius 3 is 1.88 bits per heavy atom. The van der Waals surface area contributed by atoms with Crippen molar-refractivity contribution in [3.63, 3.8) is 0 Å². The molecule has 2 amide bonds. The van der Waals surface area contributed by atoms with Crippen molar-refractivity contribution >= 4 is 17.6 Å². The van der Waals surface area contributed by atoms with Gasteiger partial charge in [-0.3, -0.25) is 14.4 Å². The topological polar surface area (TPSA) is 80.5 Å². The number of nitrogens with zero attached hydrogens (tertiary/aromatic N) is 1. The zero-order valence-corrected chi connectivity index (χ0v) is 13.9. The summed E-state index contributed by atoms with van der Waals surface area (Å²) in [5.74, 6) is -0.589. The van der Waals surface area contributed by atoms with Crippen LogP contribution >= 0.6 is 0 Å². The van der Waals surface area contributed by atoms with Gasteiger partial charge in [0.1, 0.15) is 0 Å². The summed E-state index contributed by atoms with van der Waals surface area (Å²) in [5.41, 5.74) is 7.03. The lowest BCUT2D eigenvalue weighted by atomic mass is 9.95. The second-order valence-corrected chi connectivity index (χ2v) is 6.24. The Hall–Kier alpha value is -2.95. The van der Waals surface area contributed by atoms with Crippen LogP contribution in [0.2, 0.25) is 0 Å². The van der Waals surface area contributed by atoms with Gasteiger partial charge in [0.05, 0.1) is 0 Å². The summed E-state index contributed by atoms with van der Waals surface area (Å²) < 4.78 is 0. The molecule has 1 fully saturated rings. The molecule has 5 heteroatoms. The van der Waals surface area contributed by atoms with Crippen LogP contribution in [0.15, 0.2) is 54.6 Å². The van der Waals surface area contributed by atoms with Crippen LogP contribution < -0.4 is 5.73 Å². The maximum absolute atomic E-state index is 12.6. The van der Waals surface area contributed by atoms with Gasteiger partial charge in [0.2, 0.25) is 5.91 Å². The number of likely N-dealkylation sites (tertiary alicyclic amines) is 1. The van der Waals surface area contributed by atoms with E-state index in [0.29, 0.717) is 42.6 Å². The molecule has 3 rings (SSSR count). The Morgan fingerprint density at radius 2 is 1.32 bits per heavy atom. The summed E-state index contributed by atoms with van der Waals surface area (Å²) in [6, 6.07) is 15.8. The van der Waals surface area contributed by atoms with Gasteiger partial charge in [0, 0.05) is 35.7 Å². The molecule has 2 aromatic rings. The fraction of sp³-hybridized carbons (Fsp3) is 0.250. The van der Waals surface area contributed by atoms with Crippen LogP contribution in [-0.2, 0) is 4.79 Å². The van der Waals surface area contributed by atoms with Gasteiger partial charge in [-0.2, -0.15) is 0 Å². The molecule has 25 heavy (non-hydrogen) atoms. The molecule has 0 aliphatic carbocycles. The van der Waals surface area contributed by atoms with Crippen molar-refractivity contribution in [3.8, 4) is 0 Å². The standard InChI is InChI=1S/C20H20N2O3/c21-19(24)16-10-12-22(13-11-16)20(25)17-8-6-15(7-9-17)18(23)14-4-2-1-3-5-14/h1-9,16H,10-13H2,(H2,21,24). The van der Waals surface area contributed by atoms with E-state index < -0.39 is 0 Å². The summed E-state index contributed by atoms with van der Waals surface area (Å²) >= 11 is 0. The largest absolute Gasteiger partial charge is 0.369 e. The number of carbonyl (C=O) groups excluding carboxylic acids is 3. The van der Waals surface area contributed by atoms with Crippen molar-refractivity contribution in [3.05, 3.63) is 71.3 Å². The van der Waals surface area contributed by atoms with Gasteiger partial charge >= 0.3 is 0 Å². The van der Waals surface area contributed by atoms with Crippen molar-refractivity contribution in [1.82, 2.24) is 4.90 Å². The van der Waals surface area contributed by atoms with Gasteiger partial charge in [0.15, 0.2) is 5.78 Å². The van der Waals surface area contributed by atoms with Crippen LogP contribution in [0.1, 0.15) is 39.1 Å². The third kappa shape index (κ3) is 3.76. The number of rotatable bonds is 4. The van der Waals surface area contributed by atoms with Crippen LogP contribution in [0.3, 0.4) is 0 Å². The summed E-state index contributed by atoms with van der Waals surface area (Å²) in [6.45, 7) is 1.05. The lowest BCUT2D eigenvalue weighted by molar-refractivity contribution is -0.123. The molecular weight excluding hydrogens is 316 g/mol. The van der Waals surface area contributed by atoms with Crippen LogP contribution in [-0.4, -0.2) is 35.6 Å². The fourth-order valence-corrected chi connectivity index (χ4v) is 3.07. The molecule has 0 bridgehead atoms. The molecule has 5 nitrogen and oxygen atoms in total. The van der Waals surface area contributed by atoms with E-state index in [2.05, 4.69) is 0 Å². The van der Waals surface area contributed by atoms with E-state index in [1.807, 2.05) is 18.2 Å². The van der Waals surface area contributed by atoms with Crippen molar-refractivity contribution in [2.45, 2.75) is 12.8 Å². The number of primary amides is 1. The lowest BCUT2D eigenvalue weighted by Crippen LogP contribution is -2.41. The monoisotopic (exact) mass is 336 g/mol. The number of carbonyl (C=O) groups is 3. The molecule has 1 aliphatic heterocycles. The van der Waals surface area contributed by atoms with E-state index >= 15 is 0 Å². The normalized spacial score (nSPS) is 15.0. The van der Waals surface area contributed by atoms with Gasteiger partial charge in [-0.25, -0.2) is 0 Å². The highest BCUT2D eigenvalue weighted by molar-refractivity contribution is 6.09. The maximum atomic E-state index is 12.6. The highest BCUT2D eigenvalue weighted by Crippen LogP contribution is 2.19. The molecule has 128 valence electrons. The average Bonchev–Trinajstić information content (AvgIpc) is 2.67. The van der Waals surface area contributed by atoms with Gasteiger partial charge in [-0.1, -0.05) is 42.5 Å². The number of ketones is 1. The van der Waals surface area contributed by atoms with Crippen molar-refractivity contribution in [2.75, 3.05) is 13.1 Å². The molecule has 1 saturated heterocycles. The van der Waals surface area contributed by atoms with Crippen molar-refractivity contribution < 1.29 is 14.4 Å². The first kappa shape index (κ1) is 16.9. The number of hydrogen-bond acceptors (Lipinski definition) is 3. The van der Waals surface area contributed by atoms with E-state index in [-0.39, 0.29) is 23.5 Å². The number of amides is 2. The van der Waals surface area contributed by atoms with Crippen LogP contribution in [0, 0.1) is 5.92 Å². The SMILES string of the molecule is NC(=O)C1CCN(C(=O)c2ccc(C(=O)c3ccccc3)cc2)CC1. The van der Waals surface area contributed by atoms with E-state index in [1.54, 1.807) is 41.3 Å². The highest BCUT2D eigenvalue weighted by atomic mass is 16.2. The molecule has 0 saturated carbocycles. The minimum absolute atomic E-state index is 0.0677. The van der Waals surface area contributed by atoms with Crippen LogP contribution in [0.4, 0.5) is 0 Å². The Kier molecular flexibility index (Phi) is 4.93. The minimum Gasteiger partial charge on any atom is -0.369 e. The van der Waals surface area contributed by atoms with E-state index in [1.165, 1.54) is 0 Å². The van der Waals surface area contributed by atoms with Crippen molar-refractivity contribution in [1.29, 1.82) is 0 Å². The lowest BCUT2D eigenvalue weighted by Gasteiger charge is -2.30. The van der Waals surface area contributed by atoms with Gasteiger partial charge in [-0.05, 0) is 25.0 Å². The molecule has 0 aromatic heterocycles. The van der Waals surface area contributed by atoms with Gasteiger partial charge in [0.25, 0.3) is 5.91 Å². The van der Waals surface area contributed by atoms with E-state index in [9.17, 15) is 14.4 Å². The second kappa shape index (κ2) is 7.30. The smallest absolute Gasteiger partial charge is 0.253 e. The Bertz CT molecular complexity index is 776. The summed E-state index contributed by atoms with van der Waals surface area (Å²) in [5, 5.41) is 0. The van der Waals surface area contributed by atoms with Crippen LogP contribution in [0.25, 0.3) is 0 Å². The van der Waals surface area contributed by atoms with Gasteiger partial charge in [-0.15, -0.1) is 0 Å². The quantitative estimate of drug-likeness (QED) is 0.870. The first-order chi connectivity index (χ1) is 12.1. The van der Waals surface area contributed by atoms with E-state index in [4.69, 9.17) is 5.73 Å². The van der Waals surface area contributed by atoms with Gasteiger partial charge < -0.3 is 10.6 Å². The molecule has 2 aromatic carbocycles. The zero-order valence-electron chi connectivity index (χ0n) is 13.9. The summed E-state index contributed by atoms with van der Waals surface area (Å²) in [6.07, 6.45) is 1.21. The molecular formula is C20H20N2O3. The predicted octanol–water partition coefficient (Wildman–Crippen LogP) is 2.26. The first-order valence-electron chi connectivity index (χ1n) is 8.34. The third-order valence-electron chi connectivity index (χ3n) is 4.61. The Labute approximate surface area is 146 Å². The molecule has 2 N–H and O–H groups in total. The van der Waals surface area contributed by atoms with Crippen molar-refractivity contribution in [2.24, 2.45) is 11.7 Å². The number of nitrogens with two attached hydrogens (primary N) is 1. The Balaban J connectivity index is 1.67. The Morgan fingerprint density at radius 1 is 0.800 bits per heavy atom.